The van der Waals surface area contributed by atoms with Crippen LogP contribution >= 0.6 is 23.2 Å². The number of anilines is 1. The van der Waals surface area contributed by atoms with Crippen LogP contribution in [0.3, 0.4) is 0 Å². The molecule has 7 nitrogen and oxygen atoms in total. The van der Waals surface area contributed by atoms with E-state index in [2.05, 4.69) is 10.5 Å². The first-order valence-electron chi connectivity index (χ1n) is 9.72. The van der Waals surface area contributed by atoms with Gasteiger partial charge in [-0.2, -0.15) is 5.10 Å². The Morgan fingerprint density at radius 1 is 0.939 bits per heavy atom. The van der Waals surface area contributed by atoms with Gasteiger partial charge in [-0.05, 0) is 73.2 Å². The third-order valence-electron chi connectivity index (χ3n) is 4.66. The highest BCUT2D eigenvalue weighted by molar-refractivity contribution is 7.92. The molecule has 10 heteroatoms. The summed E-state index contributed by atoms with van der Waals surface area (Å²) in [4.78, 5) is 12.7. The summed E-state index contributed by atoms with van der Waals surface area (Å²) in [6.07, 6.45) is 0. The fourth-order valence-electron chi connectivity index (χ4n) is 2.86. The van der Waals surface area contributed by atoms with Crippen molar-refractivity contribution in [3.63, 3.8) is 0 Å². The molecule has 0 saturated heterocycles. The SMILES string of the molecule is COc1ccc(S(=O)(=O)N(CC(=O)N/N=C(/C)c2ccc(Cl)cc2)c2ccc(Cl)cc2)cc1. The summed E-state index contributed by atoms with van der Waals surface area (Å²) in [5, 5.41) is 5.10. The first kappa shape index (κ1) is 24.6. The van der Waals surface area contributed by atoms with E-state index in [4.69, 9.17) is 27.9 Å². The molecule has 0 aliphatic rings. The zero-order valence-corrected chi connectivity index (χ0v) is 20.2. The van der Waals surface area contributed by atoms with Crippen molar-refractivity contribution >= 4 is 50.5 Å². The fourth-order valence-corrected chi connectivity index (χ4v) is 4.54. The van der Waals surface area contributed by atoms with Gasteiger partial charge in [0.1, 0.15) is 12.3 Å². The summed E-state index contributed by atoms with van der Waals surface area (Å²) < 4.78 is 32.8. The van der Waals surface area contributed by atoms with Crippen molar-refractivity contribution in [1.82, 2.24) is 5.43 Å². The highest BCUT2D eigenvalue weighted by Gasteiger charge is 2.27. The summed E-state index contributed by atoms with van der Waals surface area (Å²) in [7, 11) is -2.59. The molecular weight excluding hydrogens is 485 g/mol. The summed E-state index contributed by atoms with van der Waals surface area (Å²) in [5.41, 5.74) is 4.00. The standard InChI is InChI=1S/C23H21Cl2N3O4S/c1-16(17-3-5-18(24)6-4-17)26-27-23(29)15-28(20-9-7-19(25)8-10-20)33(30,31)22-13-11-21(32-2)12-14-22/h3-14H,15H2,1-2H3,(H,27,29)/b26-16-. The Balaban J connectivity index is 1.86. The number of amides is 1. The topological polar surface area (TPSA) is 88.1 Å². The molecule has 3 aromatic carbocycles. The molecular formula is C23H21Cl2N3O4S. The summed E-state index contributed by atoms with van der Waals surface area (Å²) in [6, 6.07) is 19.0. The monoisotopic (exact) mass is 505 g/mol. The maximum Gasteiger partial charge on any atom is 0.264 e. The van der Waals surface area contributed by atoms with E-state index in [0.29, 0.717) is 21.5 Å². The lowest BCUT2D eigenvalue weighted by atomic mass is 10.1. The van der Waals surface area contributed by atoms with Crippen molar-refractivity contribution in [1.29, 1.82) is 0 Å². The number of rotatable bonds is 8. The van der Waals surface area contributed by atoms with Gasteiger partial charge in [-0.25, -0.2) is 13.8 Å². The second-order valence-electron chi connectivity index (χ2n) is 6.90. The predicted molar refractivity (Wildman–Crippen MR) is 131 cm³/mol. The second-order valence-corrected chi connectivity index (χ2v) is 9.64. The summed E-state index contributed by atoms with van der Waals surface area (Å²) in [5.74, 6) is -0.105. The van der Waals surface area contributed by atoms with Crippen molar-refractivity contribution in [3.8, 4) is 5.75 Å². The Bertz CT molecular complexity index is 1240. The van der Waals surface area contributed by atoms with Gasteiger partial charge >= 0.3 is 0 Å². The highest BCUT2D eigenvalue weighted by atomic mass is 35.5. The maximum absolute atomic E-state index is 13.4. The van der Waals surface area contributed by atoms with E-state index in [0.717, 1.165) is 9.87 Å². The predicted octanol–water partition coefficient (Wildman–Crippen LogP) is 4.74. The number of carbonyl (C=O) groups excluding carboxylic acids is 1. The van der Waals surface area contributed by atoms with Crippen LogP contribution in [0.5, 0.6) is 5.75 Å². The number of benzene rings is 3. The number of hydrazone groups is 1. The van der Waals surface area contributed by atoms with Crippen molar-refractivity contribution in [2.75, 3.05) is 18.0 Å². The van der Waals surface area contributed by atoms with Crippen molar-refractivity contribution in [3.05, 3.63) is 88.4 Å². The second kappa shape index (κ2) is 10.7. The lowest BCUT2D eigenvalue weighted by molar-refractivity contribution is -0.119. The van der Waals surface area contributed by atoms with Crippen LogP contribution in [0.1, 0.15) is 12.5 Å². The maximum atomic E-state index is 13.4. The quantitative estimate of drug-likeness (QED) is 0.353. The van der Waals surface area contributed by atoms with Gasteiger partial charge < -0.3 is 4.74 Å². The third-order valence-corrected chi connectivity index (χ3v) is 6.95. The van der Waals surface area contributed by atoms with E-state index in [1.165, 1.54) is 43.5 Å². The van der Waals surface area contributed by atoms with Crippen LogP contribution < -0.4 is 14.5 Å². The van der Waals surface area contributed by atoms with Gasteiger partial charge in [-0.3, -0.25) is 9.10 Å². The molecule has 0 atom stereocenters. The normalized spacial score (nSPS) is 11.7. The lowest BCUT2D eigenvalue weighted by Crippen LogP contribution is -2.39. The van der Waals surface area contributed by atoms with Crippen LogP contribution in [-0.2, 0) is 14.8 Å². The van der Waals surface area contributed by atoms with Crippen LogP contribution in [-0.4, -0.2) is 33.7 Å². The molecule has 0 aromatic heterocycles. The molecule has 0 aliphatic heterocycles. The Kier molecular flexibility index (Phi) is 7.97. The van der Waals surface area contributed by atoms with Gasteiger partial charge in [0.2, 0.25) is 0 Å². The zero-order valence-electron chi connectivity index (χ0n) is 17.8. The summed E-state index contributed by atoms with van der Waals surface area (Å²) >= 11 is 11.8. The first-order chi connectivity index (χ1) is 15.7. The Labute approximate surface area is 202 Å². The molecule has 0 aliphatic carbocycles. The third kappa shape index (κ3) is 6.25. The molecule has 3 aromatic rings. The lowest BCUT2D eigenvalue weighted by Gasteiger charge is -2.24. The van der Waals surface area contributed by atoms with Gasteiger partial charge in [-0.15, -0.1) is 0 Å². The number of carbonyl (C=O) groups is 1. The first-order valence-corrected chi connectivity index (χ1v) is 11.9. The molecule has 0 saturated carbocycles. The van der Waals surface area contributed by atoms with Gasteiger partial charge in [0.15, 0.2) is 0 Å². The van der Waals surface area contributed by atoms with Crippen molar-refractivity contribution in [2.45, 2.75) is 11.8 Å². The minimum atomic E-state index is -4.07. The number of halogens is 2. The van der Waals surface area contributed by atoms with E-state index >= 15 is 0 Å². The number of hydrogen-bond acceptors (Lipinski definition) is 5. The van der Waals surface area contributed by atoms with Gasteiger partial charge in [0.05, 0.1) is 23.4 Å². The van der Waals surface area contributed by atoms with Crippen LogP contribution in [0.2, 0.25) is 10.0 Å². The molecule has 0 fully saturated rings. The molecule has 33 heavy (non-hydrogen) atoms. The van der Waals surface area contributed by atoms with Gasteiger partial charge in [-0.1, -0.05) is 35.3 Å². The van der Waals surface area contributed by atoms with Crippen LogP contribution in [0.15, 0.2) is 82.8 Å². The largest absolute Gasteiger partial charge is 0.497 e. The number of hydrogen-bond donors (Lipinski definition) is 1. The molecule has 0 radical (unpaired) electrons. The smallest absolute Gasteiger partial charge is 0.264 e. The minimum Gasteiger partial charge on any atom is -0.497 e. The molecule has 1 N–H and O–H groups in total. The van der Waals surface area contributed by atoms with E-state index in [1.807, 2.05) is 0 Å². The average Bonchev–Trinajstić information content (AvgIpc) is 2.82. The highest BCUT2D eigenvalue weighted by Crippen LogP contribution is 2.26. The van der Waals surface area contributed by atoms with E-state index in [-0.39, 0.29) is 10.6 Å². The van der Waals surface area contributed by atoms with E-state index < -0.39 is 22.5 Å². The van der Waals surface area contributed by atoms with Crippen molar-refractivity contribution in [2.24, 2.45) is 5.10 Å². The average molecular weight is 506 g/mol. The zero-order chi connectivity index (χ0) is 24.0. The fraction of sp³-hybridized carbons (Fsp3) is 0.130. The van der Waals surface area contributed by atoms with Crippen LogP contribution in [0.4, 0.5) is 5.69 Å². The minimum absolute atomic E-state index is 0.00639. The molecule has 0 heterocycles. The number of sulfonamides is 1. The Hall–Kier alpha value is -3.07. The van der Waals surface area contributed by atoms with E-state index in [9.17, 15) is 13.2 Å². The van der Waals surface area contributed by atoms with Crippen LogP contribution in [0.25, 0.3) is 0 Å². The molecule has 3 rings (SSSR count). The Morgan fingerprint density at radius 3 is 2.03 bits per heavy atom. The number of nitrogens with one attached hydrogen (secondary N) is 1. The molecule has 1 amide bonds. The molecule has 0 unspecified atom stereocenters. The molecule has 172 valence electrons. The number of ether oxygens (including phenoxy) is 1. The van der Waals surface area contributed by atoms with Gasteiger partial charge in [0.25, 0.3) is 15.9 Å². The van der Waals surface area contributed by atoms with Crippen molar-refractivity contribution < 1.29 is 17.9 Å². The van der Waals surface area contributed by atoms with Gasteiger partial charge in [0, 0.05) is 10.0 Å². The van der Waals surface area contributed by atoms with Crippen LogP contribution in [0, 0.1) is 0 Å². The number of nitrogens with zero attached hydrogens (tertiary/aromatic N) is 2. The Morgan fingerprint density at radius 2 is 1.48 bits per heavy atom. The molecule has 0 bridgehead atoms. The molecule has 0 spiro atoms. The number of methoxy groups -OCH3 is 1. The van der Waals surface area contributed by atoms with E-state index in [1.54, 1.807) is 43.3 Å². The summed E-state index contributed by atoms with van der Waals surface area (Å²) in [6.45, 7) is 1.22.